The highest BCUT2D eigenvalue weighted by molar-refractivity contribution is 5.70. The number of nitrogens with zero attached hydrogens (tertiary/aromatic N) is 2. The van der Waals surface area contributed by atoms with Gasteiger partial charge in [0, 0.05) is 19.0 Å². The number of aromatic amines is 1. The largest absolute Gasteiger partial charge is 0.481 e. The molecule has 2 fully saturated rings. The van der Waals surface area contributed by atoms with Crippen LogP contribution in [-0.4, -0.2) is 47.1 Å². The molecule has 1 aliphatic carbocycles. The molecule has 1 aromatic rings. The van der Waals surface area contributed by atoms with Crippen LogP contribution in [0, 0.1) is 11.8 Å². The molecule has 0 spiro atoms. The third-order valence-corrected chi connectivity index (χ3v) is 5.34. The fourth-order valence-electron chi connectivity index (χ4n) is 3.84. The van der Waals surface area contributed by atoms with E-state index in [9.17, 15) is 22.8 Å². The minimum atomic E-state index is -4.75. The van der Waals surface area contributed by atoms with Crippen LogP contribution in [0.4, 0.5) is 18.9 Å². The molecule has 10 heteroatoms. The number of rotatable bonds is 5. The van der Waals surface area contributed by atoms with Gasteiger partial charge >= 0.3 is 12.1 Å². The van der Waals surface area contributed by atoms with Crippen LogP contribution in [0.15, 0.2) is 11.0 Å². The summed E-state index contributed by atoms with van der Waals surface area (Å²) in [7, 11) is 0. The Labute approximate surface area is 153 Å². The molecule has 7 nitrogen and oxygen atoms in total. The number of hydrogen-bond donors (Lipinski definition) is 2. The predicted octanol–water partition coefficient (Wildman–Crippen LogP) is 2.28. The number of carboxylic acid groups (broad SMARTS) is 1. The summed E-state index contributed by atoms with van der Waals surface area (Å²) in [6, 6.07) is 0. The van der Waals surface area contributed by atoms with Crippen LogP contribution in [0.1, 0.15) is 37.7 Å². The summed E-state index contributed by atoms with van der Waals surface area (Å²) in [4.78, 5) is 24.1. The molecular weight excluding hydrogens is 367 g/mol. The van der Waals surface area contributed by atoms with E-state index in [0.29, 0.717) is 51.8 Å². The first-order chi connectivity index (χ1) is 12.8. The van der Waals surface area contributed by atoms with Gasteiger partial charge in [0.05, 0.1) is 30.5 Å². The number of halogens is 3. The van der Waals surface area contributed by atoms with E-state index < -0.39 is 23.3 Å². The number of nitrogens with one attached hydrogen (secondary N) is 1. The zero-order chi connectivity index (χ0) is 19.6. The van der Waals surface area contributed by atoms with Gasteiger partial charge < -0.3 is 14.7 Å². The van der Waals surface area contributed by atoms with Crippen molar-refractivity contribution in [1.29, 1.82) is 0 Å². The van der Waals surface area contributed by atoms with Crippen LogP contribution in [0.3, 0.4) is 0 Å². The highest BCUT2D eigenvalue weighted by atomic mass is 19.4. The average molecular weight is 389 g/mol. The maximum atomic E-state index is 13.2. The van der Waals surface area contributed by atoms with Gasteiger partial charge in [-0.2, -0.15) is 18.3 Å². The van der Waals surface area contributed by atoms with Crippen molar-refractivity contribution in [2.45, 2.75) is 44.4 Å². The van der Waals surface area contributed by atoms with E-state index in [1.54, 1.807) is 0 Å². The summed E-state index contributed by atoms with van der Waals surface area (Å²) in [5.41, 5.74) is -2.66. The lowest BCUT2D eigenvalue weighted by atomic mass is 9.87. The van der Waals surface area contributed by atoms with E-state index in [0.717, 1.165) is 6.20 Å². The summed E-state index contributed by atoms with van der Waals surface area (Å²) in [6.07, 6.45) is -0.498. The second-order valence-electron chi connectivity index (χ2n) is 7.20. The predicted molar refractivity (Wildman–Crippen MR) is 89.5 cm³/mol. The monoisotopic (exact) mass is 389 g/mol. The summed E-state index contributed by atoms with van der Waals surface area (Å²) >= 11 is 0. The number of alkyl halides is 3. The fraction of sp³-hybridized carbons (Fsp3) is 0.706. The fourth-order valence-corrected chi connectivity index (χ4v) is 3.84. The minimum Gasteiger partial charge on any atom is -0.481 e. The van der Waals surface area contributed by atoms with Crippen molar-refractivity contribution >= 4 is 11.7 Å². The lowest BCUT2D eigenvalue weighted by molar-refractivity contribution is -0.144. The Morgan fingerprint density at radius 1 is 1.30 bits per heavy atom. The lowest BCUT2D eigenvalue weighted by Gasteiger charge is -2.27. The molecule has 1 unspecified atom stereocenters. The molecule has 1 aromatic heterocycles. The third kappa shape index (κ3) is 4.60. The molecule has 1 aliphatic heterocycles. The summed E-state index contributed by atoms with van der Waals surface area (Å²) < 4.78 is 45.5. The van der Waals surface area contributed by atoms with E-state index in [-0.39, 0.29) is 23.6 Å². The van der Waals surface area contributed by atoms with Crippen LogP contribution >= 0.6 is 0 Å². The topological polar surface area (TPSA) is 95.5 Å². The van der Waals surface area contributed by atoms with Crippen LogP contribution in [0.25, 0.3) is 0 Å². The Hall–Kier alpha value is -2.10. The third-order valence-electron chi connectivity index (χ3n) is 5.34. The van der Waals surface area contributed by atoms with E-state index in [1.807, 2.05) is 5.10 Å². The summed E-state index contributed by atoms with van der Waals surface area (Å²) in [5.74, 6) is -1.02. The summed E-state index contributed by atoms with van der Waals surface area (Å²) in [6.45, 7) is 1.17. The molecule has 0 amide bonds. The van der Waals surface area contributed by atoms with Gasteiger partial charge in [-0.15, -0.1) is 0 Å². The molecule has 27 heavy (non-hydrogen) atoms. The maximum absolute atomic E-state index is 13.2. The van der Waals surface area contributed by atoms with Crippen molar-refractivity contribution < 1.29 is 27.8 Å². The van der Waals surface area contributed by atoms with Crippen molar-refractivity contribution in [2.24, 2.45) is 11.8 Å². The number of carboxylic acids is 1. The molecule has 150 valence electrons. The highest BCUT2D eigenvalue weighted by Gasteiger charge is 2.40. The molecule has 1 atom stereocenters. The quantitative estimate of drug-likeness (QED) is 0.802. The Balaban J connectivity index is 1.55. The Bertz CT molecular complexity index is 729. The molecule has 0 bridgehead atoms. The second kappa shape index (κ2) is 7.87. The molecule has 0 aromatic carbocycles. The molecule has 1 saturated carbocycles. The first-order valence-electron chi connectivity index (χ1n) is 9.00. The zero-order valence-electron chi connectivity index (χ0n) is 14.7. The first-order valence-corrected chi connectivity index (χ1v) is 9.00. The van der Waals surface area contributed by atoms with Gasteiger partial charge in [0.15, 0.2) is 0 Å². The van der Waals surface area contributed by atoms with Crippen molar-refractivity contribution in [3.63, 3.8) is 0 Å². The smallest absolute Gasteiger partial charge is 0.423 e. The van der Waals surface area contributed by atoms with Crippen molar-refractivity contribution in [2.75, 3.05) is 24.6 Å². The van der Waals surface area contributed by atoms with Gasteiger partial charge in [-0.1, -0.05) is 0 Å². The number of hydrogen-bond acceptors (Lipinski definition) is 5. The Kier molecular flexibility index (Phi) is 5.73. The van der Waals surface area contributed by atoms with E-state index in [1.165, 1.54) is 4.90 Å². The average Bonchev–Trinajstić information content (AvgIpc) is 3.08. The van der Waals surface area contributed by atoms with Crippen LogP contribution < -0.4 is 10.5 Å². The number of anilines is 1. The number of aliphatic carboxylic acids is 1. The molecule has 0 radical (unpaired) electrons. The van der Waals surface area contributed by atoms with E-state index in [4.69, 9.17) is 9.84 Å². The van der Waals surface area contributed by atoms with Gasteiger partial charge in [0.2, 0.25) is 0 Å². The Morgan fingerprint density at radius 2 is 2.00 bits per heavy atom. The second-order valence-corrected chi connectivity index (χ2v) is 7.20. The van der Waals surface area contributed by atoms with Crippen LogP contribution in [0.5, 0.6) is 0 Å². The lowest BCUT2D eigenvalue weighted by Crippen LogP contribution is -2.31. The molecule has 2 aliphatic rings. The van der Waals surface area contributed by atoms with E-state index in [2.05, 4.69) is 5.10 Å². The van der Waals surface area contributed by atoms with Gasteiger partial charge in [0.1, 0.15) is 5.56 Å². The Morgan fingerprint density at radius 3 is 2.63 bits per heavy atom. The minimum absolute atomic E-state index is 0.00150. The molecule has 2 heterocycles. The van der Waals surface area contributed by atoms with Crippen molar-refractivity contribution in [1.82, 2.24) is 10.2 Å². The van der Waals surface area contributed by atoms with Crippen LogP contribution in [0.2, 0.25) is 0 Å². The number of ether oxygens (including phenoxy) is 1. The number of H-pyrrole nitrogens is 1. The van der Waals surface area contributed by atoms with Crippen molar-refractivity contribution in [3.8, 4) is 0 Å². The number of aromatic nitrogens is 2. The molecular formula is C17H22F3N3O4. The normalized spacial score (nSPS) is 26.3. The van der Waals surface area contributed by atoms with Gasteiger partial charge in [-0.3, -0.25) is 9.59 Å². The first kappa shape index (κ1) is 19.7. The molecule has 1 saturated heterocycles. The zero-order valence-corrected chi connectivity index (χ0v) is 14.7. The maximum Gasteiger partial charge on any atom is 0.423 e. The molecule has 3 rings (SSSR count). The highest BCUT2D eigenvalue weighted by Crippen LogP contribution is 2.35. The number of carbonyl (C=O) groups is 1. The van der Waals surface area contributed by atoms with Gasteiger partial charge in [0.25, 0.3) is 5.56 Å². The van der Waals surface area contributed by atoms with E-state index >= 15 is 0 Å². The van der Waals surface area contributed by atoms with Gasteiger partial charge in [-0.05, 0) is 32.1 Å². The molecule has 2 N–H and O–H groups in total. The SMILES string of the molecule is O=C(O)C1CCC(OCC2CCN(c3cn[nH]c(=O)c3C(F)(F)F)C2)CC1. The van der Waals surface area contributed by atoms with Crippen LogP contribution in [-0.2, 0) is 15.7 Å². The standard InChI is InChI=1S/C17H22F3N3O4/c18-17(19,20)14-13(7-21-22-15(14)24)23-6-5-10(8-23)9-27-12-3-1-11(2-4-12)16(25)26/h7,10-12H,1-6,8-9H2,(H,22,24)(H,25,26). The van der Waals surface area contributed by atoms with Gasteiger partial charge in [-0.25, -0.2) is 5.10 Å². The van der Waals surface area contributed by atoms with Crippen molar-refractivity contribution in [3.05, 3.63) is 22.1 Å². The summed E-state index contributed by atoms with van der Waals surface area (Å²) in [5, 5.41) is 14.4.